The van der Waals surface area contributed by atoms with E-state index in [2.05, 4.69) is 5.32 Å². The zero-order chi connectivity index (χ0) is 24.7. The molecular weight excluding hydrogens is 449 g/mol. The molecule has 34 heavy (non-hydrogen) atoms. The molecule has 4 aliphatic rings. The van der Waals surface area contributed by atoms with E-state index in [0.717, 1.165) is 43.4 Å². The first-order valence-electron chi connectivity index (χ1n) is 12.5. The van der Waals surface area contributed by atoms with Crippen molar-refractivity contribution in [2.24, 2.45) is 11.3 Å². The second-order valence-electron chi connectivity index (χ2n) is 11.2. The number of Topliss-reactive ketones (excluding diaryl/α,β-unsaturated/α-hetero) is 1. The van der Waals surface area contributed by atoms with Crippen molar-refractivity contribution < 1.29 is 32.3 Å². The van der Waals surface area contributed by atoms with Crippen LogP contribution in [0.15, 0.2) is 11.3 Å². The van der Waals surface area contributed by atoms with E-state index in [4.69, 9.17) is 4.74 Å². The van der Waals surface area contributed by atoms with Crippen LogP contribution in [-0.2, 0) is 19.1 Å². The first-order valence-corrected chi connectivity index (χ1v) is 12.5. The molecule has 9 heteroatoms. The maximum Gasteiger partial charge on any atom is 0.425 e. The summed E-state index contributed by atoms with van der Waals surface area (Å²) < 4.78 is 49.9. The van der Waals surface area contributed by atoms with E-state index >= 15 is 0 Å². The zero-order valence-electron chi connectivity index (χ0n) is 20.1. The molecule has 2 amide bonds. The highest BCUT2D eigenvalue weighted by atomic mass is 19.4. The fraction of sp³-hybridized carbons (Fsp3) is 0.800. The Bertz CT molecular complexity index is 870. The molecule has 0 bridgehead atoms. The van der Waals surface area contributed by atoms with Gasteiger partial charge in [-0.2, -0.15) is 13.2 Å². The van der Waals surface area contributed by atoms with Crippen molar-refractivity contribution in [1.82, 2.24) is 10.2 Å². The van der Waals surface area contributed by atoms with Crippen LogP contribution in [0.2, 0.25) is 0 Å². The van der Waals surface area contributed by atoms with Crippen LogP contribution in [0, 0.1) is 11.3 Å². The second-order valence-corrected chi connectivity index (χ2v) is 11.2. The number of nitrogens with zero attached hydrogens (tertiary/aromatic N) is 1. The number of allylic oxidation sites excluding steroid dienone is 1. The number of rotatable bonds is 6. The second kappa shape index (κ2) is 9.28. The van der Waals surface area contributed by atoms with Crippen molar-refractivity contribution >= 4 is 17.6 Å². The average Bonchev–Trinajstić information content (AvgIpc) is 3.33. The van der Waals surface area contributed by atoms with Gasteiger partial charge in [-0.1, -0.05) is 46.0 Å². The lowest BCUT2D eigenvalue weighted by Crippen LogP contribution is -2.66. The van der Waals surface area contributed by atoms with Crippen LogP contribution in [0.5, 0.6) is 0 Å². The van der Waals surface area contributed by atoms with Gasteiger partial charge in [0.1, 0.15) is 0 Å². The predicted octanol–water partition coefficient (Wildman–Crippen LogP) is 4.43. The Labute approximate surface area is 198 Å². The molecule has 2 aliphatic heterocycles. The molecule has 0 aromatic heterocycles. The van der Waals surface area contributed by atoms with Crippen LogP contribution in [0.25, 0.3) is 0 Å². The summed E-state index contributed by atoms with van der Waals surface area (Å²) in [5.41, 5.74) is -4.41. The topological polar surface area (TPSA) is 75.7 Å². The summed E-state index contributed by atoms with van der Waals surface area (Å²) in [6.07, 6.45) is 1.52. The number of carbonyl (C=O) groups is 3. The van der Waals surface area contributed by atoms with E-state index < -0.39 is 40.3 Å². The third kappa shape index (κ3) is 4.64. The van der Waals surface area contributed by atoms with Gasteiger partial charge in [-0.3, -0.25) is 14.4 Å². The fourth-order valence-corrected chi connectivity index (χ4v) is 6.09. The smallest absolute Gasteiger partial charge is 0.376 e. The Balaban J connectivity index is 1.66. The average molecular weight is 485 g/mol. The first-order chi connectivity index (χ1) is 15.9. The highest BCUT2D eigenvalue weighted by Crippen LogP contribution is 2.52. The summed E-state index contributed by atoms with van der Waals surface area (Å²) in [4.78, 5) is 40.7. The molecule has 1 saturated carbocycles. The molecule has 0 radical (unpaired) electrons. The number of hydrogen-bond donors (Lipinski definition) is 1. The van der Waals surface area contributed by atoms with Gasteiger partial charge in [0.05, 0.1) is 18.2 Å². The van der Waals surface area contributed by atoms with Gasteiger partial charge in [0.25, 0.3) is 5.91 Å². The lowest BCUT2D eigenvalue weighted by atomic mass is 9.72. The third-order valence-electron chi connectivity index (χ3n) is 7.79. The molecule has 190 valence electrons. The zero-order valence-corrected chi connectivity index (χ0v) is 20.1. The van der Waals surface area contributed by atoms with Gasteiger partial charge in [0, 0.05) is 25.1 Å². The van der Waals surface area contributed by atoms with E-state index in [1.165, 1.54) is 0 Å². The third-order valence-corrected chi connectivity index (χ3v) is 7.79. The van der Waals surface area contributed by atoms with Crippen LogP contribution in [-0.4, -0.2) is 53.5 Å². The summed E-state index contributed by atoms with van der Waals surface area (Å²) >= 11 is 0. The molecule has 2 aliphatic carbocycles. The largest absolute Gasteiger partial charge is 0.425 e. The maximum absolute atomic E-state index is 14.8. The van der Waals surface area contributed by atoms with Gasteiger partial charge in [0.2, 0.25) is 11.4 Å². The van der Waals surface area contributed by atoms with Crippen molar-refractivity contribution in [3.63, 3.8) is 0 Å². The Morgan fingerprint density at radius 2 is 1.79 bits per heavy atom. The number of amides is 2. The molecule has 1 saturated heterocycles. The molecule has 0 aromatic carbocycles. The summed E-state index contributed by atoms with van der Waals surface area (Å²) in [5, 5.41) is 2.06. The molecule has 0 spiro atoms. The summed E-state index contributed by atoms with van der Waals surface area (Å²) in [5.74, 6) is -2.53. The molecule has 2 heterocycles. The molecule has 1 N–H and O–H groups in total. The number of halogens is 3. The van der Waals surface area contributed by atoms with E-state index in [1.807, 2.05) is 0 Å². The molecule has 0 aromatic rings. The number of ketones is 1. The number of hydrogen-bond acceptors (Lipinski definition) is 4. The minimum absolute atomic E-state index is 0.0448. The van der Waals surface area contributed by atoms with E-state index in [0.29, 0.717) is 25.4 Å². The summed E-state index contributed by atoms with van der Waals surface area (Å²) in [7, 11) is 0. The van der Waals surface area contributed by atoms with Crippen LogP contribution in [0.4, 0.5) is 13.2 Å². The number of alkyl halides is 3. The van der Waals surface area contributed by atoms with E-state index in [9.17, 15) is 27.6 Å². The minimum Gasteiger partial charge on any atom is -0.376 e. The van der Waals surface area contributed by atoms with Gasteiger partial charge < -0.3 is 15.0 Å². The van der Waals surface area contributed by atoms with Gasteiger partial charge in [-0.25, -0.2) is 0 Å². The highest BCUT2D eigenvalue weighted by molar-refractivity contribution is 6.13. The van der Waals surface area contributed by atoms with Gasteiger partial charge in [0.15, 0.2) is 5.78 Å². The van der Waals surface area contributed by atoms with Crippen molar-refractivity contribution in [3.8, 4) is 0 Å². The fourth-order valence-electron chi connectivity index (χ4n) is 6.09. The quantitative estimate of drug-likeness (QED) is 0.605. The summed E-state index contributed by atoms with van der Waals surface area (Å²) in [6.45, 7) is 4.06. The van der Waals surface area contributed by atoms with Crippen molar-refractivity contribution in [1.29, 1.82) is 0 Å². The monoisotopic (exact) mass is 484 g/mol. The Kier molecular flexibility index (Phi) is 6.88. The standard InChI is InChI=1S/C25H35F3N2O4/c1-23(2)13-18-21(19(31)14-23)24(25(26,27)28,22(33)30(18)15-17-9-6-12-34-17)29-20(32)11-10-16-7-4-3-5-8-16/h16-17H,3-15H2,1-2H3,(H,29,32)/t17-,24-/m1/s1. The highest BCUT2D eigenvalue weighted by Gasteiger charge is 2.71. The van der Waals surface area contributed by atoms with Crippen LogP contribution in [0.1, 0.15) is 84.5 Å². The molecular formula is C25H35F3N2O4. The van der Waals surface area contributed by atoms with Crippen LogP contribution < -0.4 is 5.32 Å². The maximum atomic E-state index is 14.8. The van der Waals surface area contributed by atoms with Crippen molar-refractivity contribution in [2.75, 3.05) is 13.2 Å². The predicted molar refractivity (Wildman–Crippen MR) is 118 cm³/mol. The van der Waals surface area contributed by atoms with Gasteiger partial charge >= 0.3 is 6.18 Å². The number of ether oxygens (including phenoxy) is 1. The summed E-state index contributed by atoms with van der Waals surface area (Å²) in [6, 6.07) is 0. The van der Waals surface area contributed by atoms with Gasteiger partial charge in [-0.15, -0.1) is 0 Å². The van der Waals surface area contributed by atoms with Crippen LogP contribution >= 0.6 is 0 Å². The molecule has 6 nitrogen and oxygen atoms in total. The number of nitrogens with one attached hydrogen (secondary N) is 1. The SMILES string of the molecule is CC1(C)CC(=O)C2=C(C1)N(C[C@H]1CCCO1)C(=O)[C@@]2(NC(=O)CCC1CCCCC1)C(F)(F)F. The minimum atomic E-state index is -5.15. The molecule has 2 atom stereocenters. The number of carbonyl (C=O) groups excluding carboxylic acids is 3. The van der Waals surface area contributed by atoms with Crippen molar-refractivity contribution in [3.05, 3.63) is 11.3 Å². The van der Waals surface area contributed by atoms with Crippen LogP contribution in [0.3, 0.4) is 0 Å². The molecule has 4 rings (SSSR count). The van der Waals surface area contributed by atoms with E-state index in [-0.39, 0.29) is 37.6 Å². The lowest BCUT2D eigenvalue weighted by Gasteiger charge is -2.35. The van der Waals surface area contributed by atoms with Gasteiger partial charge in [-0.05, 0) is 37.0 Å². The normalized spacial score (nSPS) is 30.1. The lowest BCUT2D eigenvalue weighted by molar-refractivity contribution is -0.195. The first kappa shape index (κ1) is 25.2. The molecule has 0 unspecified atom stereocenters. The Morgan fingerprint density at radius 1 is 1.09 bits per heavy atom. The van der Waals surface area contributed by atoms with E-state index in [1.54, 1.807) is 13.8 Å². The van der Waals surface area contributed by atoms with Crippen molar-refractivity contribution in [2.45, 2.75) is 102 Å². The molecule has 2 fully saturated rings. The Hall–Kier alpha value is -1.90. The Morgan fingerprint density at radius 3 is 2.41 bits per heavy atom.